The summed E-state index contributed by atoms with van der Waals surface area (Å²) in [6.45, 7) is 2.29. The molecule has 1 fully saturated rings. The van der Waals surface area contributed by atoms with Crippen LogP contribution in [0.5, 0.6) is 5.88 Å². The molecule has 1 aromatic heterocycles. The average Bonchev–Trinajstić information content (AvgIpc) is 2.34. The maximum Gasteiger partial charge on any atom is 0.213 e. The first-order chi connectivity index (χ1) is 8.19. The van der Waals surface area contributed by atoms with Crippen LogP contribution in [0.3, 0.4) is 0 Å². The summed E-state index contributed by atoms with van der Waals surface area (Å²) < 4.78 is 5.87. The van der Waals surface area contributed by atoms with Crippen LogP contribution in [0.1, 0.15) is 38.3 Å². The summed E-state index contributed by atoms with van der Waals surface area (Å²) in [7, 11) is 0. The number of hydrogen-bond donors (Lipinski definition) is 0. The number of alkyl halides is 1. The van der Waals surface area contributed by atoms with Gasteiger partial charge in [0, 0.05) is 6.07 Å². The van der Waals surface area contributed by atoms with Crippen molar-refractivity contribution in [2.24, 2.45) is 5.92 Å². The summed E-state index contributed by atoms with van der Waals surface area (Å²) in [6.07, 6.45) is 4.99. The van der Waals surface area contributed by atoms with E-state index in [0.717, 1.165) is 18.8 Å². The monoisotopic (exact) mass is 273 g/mol. The minimum absolute atomic E-state index is 0.294. The lowest BCUT2D eigenvalue weighted by Crippen LogP contribution is -2.23. The third-order valence-electron chi connectivity index (χ3n) is 3.27. The Kier molecular flexibility index (Phi) is 4.52. The SMILES string of the molecule is CC1CCC(Oc2ccc(Cl)c(CCl)n2)CC1. The molecule has 0 amide bonds. The number of rotatable bonds is 3. The molecule has 0 unspecified atom stereocenters. The summed E-state index contributed by atoms with van der Waals surface area (Å²) in [5.41, 5.74) is 0.690. The number of pyridine rings is 1. The fourth-order valence-corrected chi connectivity index (χ4v) is 2.59. The van der Waals surface area contributed by atoms with Gasteiger partial charge in [0.25, 0.3) is 0 Å². The van der Waals surface area contributed by atoms with Crippen molar-refractivity contribution in [1.82, 2.24) is 4.98 Å². The van der Waals surface area contributed by atoms with Gasteiger partial charge >= 0.3 is 0 Å². The van der Waals surface area contributed by atoms with Crippen LogP contribution in [-0.2, 0) is 5.88 Å². The Morgan fingerprint density at radius 3 is 2.65 bits per heavy atom. The molecule has 1 saturated carbocycles. The molecule has 0 spiro atoms. The Bertz CT molecular complexity index is 376. The van der Waals surface area contributed by atoms with Crippen molar-refractivity contribution >= 4 is 23.2 Å². The highest BCUT2D eigenvalue weighted by Crippen LogP contribution is 2.27. The van der Waals surface area contributed by atoms with E-state index in [-0.39, 0.29) is 0 Å². The molecule has 1 aromatic rings. The first-order valence-electron chi connectivity index (χ1n) is 6.07. The number of aromatic nitrogens is 1. The molecule has 0 saturated heterocycles. The van der Waals surface area contributed by atoms with E-state index in [1.807, 2.05) is 6.07 Å². The fourth-order valence-electron chi connectivity index (χ4n) is 2.14. The van der Waals surface area contributed by atoms with E-state index in [2.05, 4.69) is 11.9 Å². The van der Waals surface area contributed by atoms with Crippen LogP contribution in [0, 0.1) is 5.92 Å². The van der Waals surface area contributed by atoms with Crippen LogP contribution in [0.25, 0.3) is 0 Å². The summed E-state index contributed by atoms with van der Waals surface area (Å²) >= 11 is 11.7. The van der Waals surface area contributed by atoms with Gasteiger partial charge in [0.15, 0.2) is 0 Å². The molecule has 0 radical (unpaired) electrons. The van der Waals surface area contributed by atoms with Gasteiger partial charge in [-0.1, -0.05) is 18.5 Å². The molecule has 2 rings (SSSR count). The third kappa shape index (κ3) is 3.49. The highest BCUT2D eigenvalue weighted by atomic mass is 35.5. The lowest BCUT2D eigenvalue weighted by atomic mass is 9.89. The highest BCUT2D eigenvalue weighted by Gasteiger charge is 2.20. The summed E-state index contributed by atoms with van der Waals surface area (Å²) in [6, 6.07) is 3.61. The molecule has 0 atom stereocenters. The maximum absolute atomic E-state index is 5.96. The van der Waals surface area contributed by atoms with E-state index in [1.165, 1.54) is 12.8 Å². The molecule has 17 heavy (non-hydrogen) atoms. The molecule has 0 N–H and O–H groups in total. The molecule has 0 bridgehead atoms. The first kappa shape index (κ1) is 13.0. The van der Waals surface area contributed by atoms with Crippen LogP contribution in [0.2, 0.25) is 5.02 Å². The van der Waals surface area contributed by atoms with E-state index in [1.54, 1.807) is 6.07 Å². The number of halogens is 2. The summed E-state index contributed by atoms with van der Waals surface area (Å²) in [5.74, 6) is 1.79. The molecule has 4 heteroatoms. The Balaban J connectivity index is 1.99. The standard InChI is InChI=1S/C13H17Cl2NO/c1-9-2-4-10(5-3-9)17-13-7-6-11(15)12(8-14)16-13/h6-7,9-10H,2-5,8H2,1H3. The maximum atomic E-state index is 5.96. The lowest BCUT2D eigenvalue weighted by Gasteiger charge is -2.26. The van der Waals surface area contributed by atoms with Crippen molar-refractivity contribution in [2.75, 3.05) is 0 Å². The van der Waals surface area contributed by atoms with Crippen LogP contribution < -0.4 is 4.74 Å². The average molecular weight is 274 g/mol. The zero-order chi connectivity index (χ0) is 12.3. The number of nitrogens with zero attached hydrogens (tertiary/aromatic N) is 1. The van der Waals surface area contributed by atoms with Gasteiger partial charge in [0.05, 0.1) is 16.6 Å². The number of ether oxygens (including phenoxy) is 1. The molecule has 2 nitrogen and oxygen atoms in total. The second-order valence-electron chi connectivity index (χ2n) is 4.71. The van der Waals surface area contributed by atoms with E-state index >= 15 is 0 Å². The second kappa shape index (κ2) is 5.92. The number of hydrogen-bond acceptors (Lipinski definition) is 2. The van der Waals surface area contributed by atoms with Crippen molar-refractivity contribution in [3.63, 3.8) is 0 Å². The van der Waals surface area contributed by atoms with Gasteiger partial charge in [-0.25, -0.2) is 4.98 Å². The molecular weight excluding hydrogens is 257 g/mol. The van der Waals surface area contributed by atoms with Crippen molar-refractivity contribution in [3.8, 4) is 5.88 Å². The molecule has 1 heterocycles. The smallest absolute Gasteiger partial charge is 0.213 e. The molecular formula is C13H17Cl2NO. The van der Waals surface area contributed by atoms with Crippen molar-refractivity contribution < 1.29 is 4.74 Å². The van der Waals surface area contributed by atoms with Gasteiger partial charge in [0.2, 0.25) is 5.88 Å². The van der Waals surface area contributed by atoms with Gasteiger partial charge in [-0.2, -0.15) is 0 Å². The summed E-state index contributed by atoms with van der Waals surface area (Å²) in [5, 5.41) is 0.601. The molecule has 1 aliphatic carbocycles. The lowest BCUT2D eigenvalue weighted by molar-refractivity contribution is 0.130. The van der Waals surface area contributed by atoms with Crippen LogP contribution in [0.15, 0.2) is 12.1 Å². The summed E-state index contributed by atoms with van der Waals surface area (Å²) in [4.78, 5) is 4.32. The van der Waals surface area contributed by atoms with Gasteiger partial charge < -0.3 is 4.74 Å². The topological polar surface area (TPSA) is 22.1 Å². The largest absolute Gasteiger partial charge is 0.474 e. The minimum atomic E-state index is 0.294. The highest BCUT2D eigenvalue weighted by molar-refractivity contribution is 6.32. The molecule has 0 aliphatic heterocycles. The van der Waals surface area contributed by atoms with Gasteiger partial charge in [-0.3, -0.25) is 0 Å². The normalized spacial score (nSPS) is 24.6. The third-order valence-corrected chi connectivity index (χ3v) is 3.87. The van der Waals surface area contributed by atoms with Crippen molar-refractivity contribution in [2.45, 2.75) is 44.6 Å². The van der Waals surface area contributed by atoms with E-state index in [4.69, 9.17) is 27.9 Å². The van der Waals surface area contributed by atoms with E-state index < -0.39 is 0 Å². The Hall–Kier alpha value is -0.470. The van der Waals surface area contributed by atoms with Gasteiger partial charge in [-0.15, -0.1) is 11.6 Å². The van der Waals surface area contributed by atoms with Gasteiger partial charge in [0.1, 0.15) is 6.10 Å². The second-order valence-corrected chi connectivity index (χ2v) is 5.39. The fraction of sp³-hybridized carbons (Fsp3) is 0.615. The molecule has 94 valence electrons. The van der Waals surface area contributed by atoms with E-state index in [9.17, 15) is 0 Å². The first-order valence-corrected chi connectivity index (χ1v) is 6.98. The zero-order valence-electron chi connectivity index (χ0n) is 9.96. The zero-order valence-corrected chi connectivity index (χ0v) is 11.5. The predicted molar refractivity (Wildman–Crippen MR) is 70.9 cm³/mol. The van der Waals surface area contributed by atoms with E-state index in [0.29, 0.717) is 28.6 Å². The van der Waals surface area contributed by atoms with Crippen LogP contribution >= 0.6 is 23.2 Å². The predicted octanol–water partition coefficient (Wildman–Crippen LogP) is 4.43. The Morgan fingerprint density at radius 2 is 2.00 bits per heavy atom. The van der Waals surface area contributed by atoms with Crippen LogP contribution in [0.4, 0.5) is 0 Å². The Labute approximate surface area is 112 Å². The molecule has 1 aliphatic rings. The Morgan fingerprint density at radius 1 is 1.29 bits per heavy atom. The van der Waals surface area contributed by atoms with Crippen molar-refractivity contribution in [3.05, 3.63) is 22.8 Å². The van der Waals surface area contributed by atoms with Crippen LogP contribution in [-0.4, -0.2) is 11.1 Å². The minimum Gasteiger partial charge on any atom is -0.474 e. The molecule has 0 aromatic carbocycles. The van der Waals surface area contributed by atoms with Gasteiger partial charge in [-0.05, 0) is 37.7 Å². The quantitative estimate of drug-likeness (QED) is 0.760. The van der Waals surface area contributed by atoms with Crippen molar-refractivity contribution in [1.29, 1.82) is 0 Å².